The molecule has 8 heteroatoms. The molecule has 0 bridgehead atoms. The van der Waals surface area contributed by atoms with Gasteiger partial charge in [-0.3, -0.25) is 4.79 Å². The number of aliphatic hydroxyl groups excluding tert-OH is 1. The molecule has 3 rings (SSSR count). The number of piperidine rings is 1. The number of carbonyl (C=O) groups is 1. The number of amides is 1. The van der Waals surface area contributed by atoms with Gasteiger partial charge in [0.05, 0.1) is 21.7 Å². The summed E-state index contributed by atoms with van der Waals surface area (Å²) in [6.07, 6.45) is 1.18. The number of carbonyl (C=O) groups excluding carboxylic acids is 1. The minimum Gasteiger partial charge on any atom is -0.490 e. The zero-order chi connectivity index (χ0) is 21.5. The number of halogens is 2. The summed E-state index contributed by atoms with van der Waals surface area (Å²) in [5.41, 5.74) is 1.32. The fourth-order valence-corrected chi connectivity index (χ4v) is 3.81. The second-order valence-corrected chi connectivity index (χ2v) is 8.17. The number of aliphatic hydroxyl groups is 1. The van der Waals surface area contributed by atoms with E-state index < -0.39 is 6.10 Å². The quantitative estimate of drug-likeness (QED) is 0.570. The van der Waals surface area contributed by atoms with E-state index in [-0.39, 0.29) is 18.6 Å². The van der Waals surface area contributed by atoms with E-state index in [4.69, 9.17) is 27.9 Å². The van der Waals surface area contributed by atoms with Gasteiger partial charge in [0.25, 0.3) is 5.91 Å². The van der Waals surface area contributed by atoms with Gasteiger partial charge in [-0.25, -0.2) is 0 Å². The molecule has 1 saturated heterocycles. The Labute approximate surface area is 187 Å². The average Bonchev–Trinajstić information content (AvgIpc) is 2.76. The van der Waals surface area contributed by atoms with Crippen LogP contribution in [0.2, 0.25) is 10.0 Å². The fraction of sp³-hybridized carbons (Fsp3) is 0.409. The average molecular weight is 452 g/mol. The highest BCUT2D eigenvalue weighted by Gasteiger charge is 2.23. The van der Waals surface area contributed by atoms with E-state index in [0.29, 0.717) is 27.9 Å². The second-order valence-electron chi connectivity index (χ2n) is 7.35. The lowest BCUT2D eigenvalue weighted by Crippen LogP contribution is -2.45. The first-order chi connectivity index (χ1) is 14.5. The standard InChI is InChI=1S/C22H27Cl2N3O3/c1-25-21-5-3-2-4-18(21)22(29)26-13-15(28)14-27-10-8-16(9-11-27)30-17-6-7-19(23)20(24)12-17/h2-7,12,15-16,25,28H,8-11,13-14H2,1H3,(H,26,29). The van der Waals surface area contributed by atoms with Gasteiger partial charge in [-0.15, -0.1) is 0 Å². The maximum absolute atomic E-state index is 12.4. The molecule has 1 unspecified atom stereocenters. The van der Waals surface area contributed by atoms with Gasteiger partial charge in [0.2, 0.25) is 0 Å². The van der Waals surface area contributed by atoms with Crippen LogP contribution in [0.3, 0.4) is 0 Å². The minimum atomic E-state index is -0.636. The molecule has 2 aromatic rings. The SMILES string of the molecule is CNc1ccccc1C(=O)NCC(O)CN1CCC(Oc2ccc(Cl)c(Cl)c2)CC1. The van der Waals surface area contributed by atoms with Crippen molar-refractivity contribution in [2.24, 2.45) is 0 Å². The molecule has 0 radical (unpaired) electrons. The number of likely N-dealkylation sites (tertiary alicyclic amines) is 1. The number of β-amino-alcohol motifs (C(OH)–C–C–N with tert-alkyl or cyclic N) is 1. The Hall–Kier alpha value is -1.99. The van der Waals surface area contributed by atoms with E-state index >= 15 is 0 Å². The molecule has 0 spiro atoms. The zero-order valence-electron chi connectivity index (χ0n) is 16.9. The second kappa shape index (κ2) is 10.9. The normalized spacial score (nSPS) is 16.1. The first kappa shape index (κ1) is 22.7. The van der Waals surface area contributed by atoms with Crippen molar-refractivity contribution in [2.45, 2.75) is 25.0 Å². The number of anilines is 1. The van der Waals surface area contributed by atoms with Crippen molar-refractivity contribution in [1.82, 2.24) is 10.2 Å². The van der Waals surface area contributed by atoms with E-state index in [1.165, 1.54) is 0 Å². The first-order valence-corrected chi connectivity index (χ1v) is 10.8. The van der Waals surface area contributed by atoms with E-state index in [1.807, 2.05) is 24.3 Å². The van der Waals surface area contributed by atoms with Crippen LogP contribution in [-0.2, 0) is 0 Å². The maximum Gasteiger partial charge on any atom is 0.253 e. The topological polar surface area (TPSA) is 73.8 Å². The highest BCUT2D eigenvalue weighted by atomic mass is 35.5. The van der Waals surface area contributed by atoms with Gasteiger partial charge in [0, 0.05) is 45.0 Å². The molecule has 2 aromatic carbocycles. The van der Waals surface area contributed by atoms with Gasteiger partial charge in [0.15, 0.2) is 0 Å². The summed E-state index contributed by atoms with van der Waals surface area (Å²) >= 11 is 12.0. The highest BCUT2D eigenvalue weighted by molar-refractivity contribution is 6.42. The van der Waals surface area contributed by atoms with Crippen molar-refractivity contribution in [3.05, 3.63) is 58.1 Å². The minimum absolute atomic E-state index is 0.105. The molecule has 1 amide bonds. The monoisotopic (exact) mass is 451 g/mol. The van der Waals surface area contributed by atoms with Crippen molar-refractivity contribution in [3.8, 4) is 5.75 Å². The third kappa shape index (κ3) is 6.25. The highest BCUT2D eigenvalue weighted by Crippen LogP contribution is 2.28. The van der Waals surface area contributed by atoms with Gasteiger partial charge >= 0.3 is 0 Å². The summed E-state index contributed by atoms with van der Waals surface area (Å²) in [6, 6.07) is 12.6. The number of para-hydroxylation sites is 1. The van der Waals surface area contributed by atoms with E-state index in [1.54, 1.807) is 25.2 Å². The Bertz CT molecular complexity index is 857. The first-order valence-electron chi connectivity index (χ1n) is 10.0. The predicted octanol–water partition coefficient (Wildman–Crippen LogP) is 3.67. The Morgan fingerprint density at radius 2 is 1.93 bits per heavy atom. The lowest BCUT2D eigenvalue weighted by Gasteiger charge is -2.33. The number of hydrogen-bond donors (Lipinski definition) is 3. The number of ether oxygens (including phenoxy) is 1. The maximum atomic E-state index is 12.4. The van der Waals surface area contributed by atoms with Crippen molar-refractivity contribution in [3.63, 3.8) is 0 Å². The number of rotatable bonds is 8. The number of nitrogens with one attached hydrogen (secondary N) is 2. The molecule has 0 saturated carbocycles. The Morgan fingerprint density at radius 1 is 1.20 bits per heavy atom. The number of nitrogens with zero attached hydrogens (tertiary/aromatic N) is 1. The van der Waals surface area contributed by atoms with Gasteiger partial charge < -0.3 is 25.4 Å². The molecular formula is C22H27Cl2N3O3. The lowest BCUT2D eigenvalue weighted by molar-refractivity contribution is 0.0594. The number of benzene rings is 2. The fourth-order valence-electron chi connectivity index (χ4n) is 3.52. The Kier molecular flexibility index (Phi) is 8.22. The molecule has 1 fully saturated rings. The summed E-state index contributed by atoms with van der Waals surface area (Å²) in [4.78, 5) is 14.6. The van der Waals surface area contributed by atoms with Gasteiger partial charge in [-0.1, -0.05) is 35.3 Å². The summed E-state index contributed by atoms with van der Waals surface area (Å²) in [5, 5.41) is 17.2. The van der Waals surface area contributed by atoms with Crippen LogP contribution in [0.15, 0.2) is 42.5 Å². The molecule has 1 aliphatic rings. The van der Waals surface area contributed by atoms with Crippen LogP contribution in [0.25, 0.3) is 0 Å². The predicted molar refractivity (Wildman–Crippen MR) is 121 cm³/mol. The van der Waals surface area contributed by atoms with Crippen LogP contribution in [0, 0.1) is 0 Å². The third-order valence-corrected chi connectivity index (χ3v) is 5.88. The molecule has 1 atom stereocenters. The number of hydrogen-bond acceptors (Lipinski definition) is 5. The summed E-state index contributed by atoms with van der Waals surface area (Å²) in [7, 11) is 1.77. The molecule has 1 heterocycles. The molecule has 1 aliphatic heterocycles. The van der Waals surface area contributed by atoms with Crippen LogP contribution >= 0.6 is 23.2 Å². The van der Waals surface area contributed by atoms with Crippen molar-refractivity contribution < 1.29 is 14.6 Å². The van der Waals surface area contributed by atoms with E-state index in [2.05, 4.69) is 15.5 Å². The molecule has 0 aliphatic carbocycles. The van der Waals surface area contributed by atoms with Crippen molar-refractivity contribution in [2.75, 3.05) is 38.5 Å². The van der Waals surface area contributed by atoms with Crippen LogP contribution in [0.1, 0.15) is 23.2 Å². The molecule has 3 N–H and O–H groups in total. The van der Waals surface area contributed by atoms with Crippen LogP contribution in [0.5, 0.6) is 5.75 Å². The summed E-state index contributed by atoms with van der Waals surface area (Å²) in [5.74, 6) is 0.514. The Morgan fingerprint density at radius 3 is 2.63 bits per heavy atom. The summed E-state index contributed by atoms with van der Waals surface area (Å²) < 4.78 is 6.00. The molecular weight excluding hydrogens is 425 g/mol. The molecule has 30 heavy (non-hydrogen) atoms. The van der Waals surface area contributed by atoms with Crippen molar-refractivity contribution in [1.29, 1.82) is 0 Å². The van der Waals surface area contributed by atoms with Crippen LogP contribution < -0.4 is 15.4 Å². The smallest absolute Gasteiger partial charge is 0.253 e. The van der Waals surface area contributed by atoms with Crippen LogP contribution in [-0.4, -0.2) is 61.3 Å². The zero-order valence-corrected chi connectivity index (χ0v) is 18.4. The van der Waals surface area contributed by atoms with Gasteiger partial charge in [-0.2, -0.15) is 0 Å². The van der Waals surface area contributed by atoms with E-state index in [0.717, 1.165) is 31.6 Å². The van der Waals surface area contributed by atoms with Crippen molar-refractivity contribution >= 4 is 34.8 Å². The molecule has 0 aromatic heterocycles. The molecule has 162 valence electrons. The Balaban J connectivity index is 1.40. The van der Waals surface area contributed by atoms with Gasteiger partial charge in [-0.05, 0) is 37.1 Å². The summed E-state index contributed by atoms with van der Waals surface area (Å²) in [6.45, 7) is 2.35. The largest absolute Gasteiger partial charge is 0.490 e. The molecule has 6 nitrogen and oxygen atoms in total. The van der Waals surface area contributed by atoms with Gasteiger partial charge in [0.1, 0.15) is 11.9 Å². The third-order valence-electron chi connectivity index (χ3n) is 5.14. The van der Waals surface area contributed by atoms with Crippen LogP contribution in [0.4, 0.5) is 5.69 Å². The van der Waals surface area contributed by atoms with E-state index in [9.17, 15) is 9.90 Å². The lowest BCUT2D eigenvalue weighted by atomic mass is 10.1.